The topological polar surface area (TPSA) is 107 Å². The highest BCUT2D eigenvalue weighted by atomic mass is 16.6. The molecular weight excluding hydrogens is 260 g/mol. The van der Waals surface area contributed by atoms with Crippen molar-refractivity contribution in [3.63, 3.8) is 0 Å². The Balaban J connectivity index is 1.96. The van der Waals surface area contributed by atoms with Gasteiger partial charge >= 0.3 is 0 Å². The molecule has 0 radical (unpaired) electrons. The first-order valence-electron chi connectivity index (χ1n) is 6.25. The largest absolute Gasteiger partial charge is 0.469 e. The molecule has 20 heavy (non-hydrogen) atoms. The minimum atomic E-state index is -0.489. The molecule has 1 atom stereocenters. The number of nitrogens with one attached hydrogen (secondary N) is 1. The van der Waals surface area contributed by atoms with Crippen molar-refractivity contribution in [3.05, 3.63) is 46.4 Å². The first-order chi connectivity index (χ1) is 9.54. The number of aryl methyl sites for hydroxylation is 1. The van der Waals surface area contributed by atoms with Crippen LogP contribution < -0.4 is 11.1 Å². The number of aromatic nitrogens is 1. The van der Waals surface area contributed by atoms with Gasteiger partial charge < -0.3 is 15.5 Å². The van der Waals surface area contributed by atoms with Crippen molar-refractivity contribution in [2.24, 2.45) is 0 Å². The Kier molecular flexibility index (Phi) is 4.19. The quantitative estimate of drug-likeness (QED) is 0.620. The molecule has 2 rings (SSSR count). The summed E-state index contributed by atoms with van der Waals surface area (Å²) < 4.78 is 5.25. The fraction of sp³-hybridized carbons (Fsp3) is 0.308. The lowest BCUT2D eigenvalue weighted by Gasteiger charge is -2.13. The van der Waals surface area contributed by atoms with Crippen molar-refractivity contribution in [2.45, 2.75) is 25.8 Å². The standard InChI is InChI=1S/C13H16N4O3/c1-9(4-5-11-3-2-6-20-11)15-13-8-10(17(18)19)7-12(14)16-13/h2-3,6-9H,4-5H2,1H3,(H3,14,15,16). The summed E-state index contributed by atoms with van der Waals surface area (Å²) in [6.45, 7) is 1.97. The third-order valence-electron chi connectivity index (χ3n) is 2.84. The highest BCUT2D eigenvalue weighted by Gasteiger charge is 2.11. The fourth-order valence-electron chi connectivity index (χ4n) is 1.85. The molecule has 0 aliphatic rings. The minimum Gasteiger partial charge on any atom is -0.469 e. The molecule has 0 aliphatic heterocycles. The van der Waals surface area contributed by atoms with E-state index in [0.29, 0.717) is 5.82 Å². The zero-order valence-corrected chi connectivity index (χ0v) is 11.1. The summed E-state index contributed by atoms with van der Waals surface area (Å²) in [5.41, 5.74) is 5.48. The zero-order valence-electron chi connectivity index (χ0n) is 11.1. The Bertz CT molecular complexity index is 583. The van der Waals surface area contributed by atoms with E-state index in [4.69, 9.17) is 10.2 Å². The van der Waals surface area contributed by atoms with Crippen molar-refractivity contribution in [2.75, 3.05) is 11.1 Å². The van der Waals surface area contributed by atoms with Crippen LogP contribution in [0.2, 0.25) is 0 Å². The molecule has 106 valence electrons. The van der Waals surface area contributed by atoms with Crippen LogP contribution in [0.4, 0.5) is 17.3 Å². The van der Waals surface area contributed by atoms with Crippen LogP contribution in [0, 0.1) is 10.1 Å². The lowest BCUT2D eigenvalue weighted by atomic mass is 10.1. The average Bonchev–Trinajstić information content (AvgIpc) is 2.88. The normalized spacial score (nSPS) is 12.1. The number of hydrogen-bond acceptors (Lipinski definition) is 6. The summed E-state index contributed by atoms with van der Waals surface area (Å²) in [6, 6.07) is 6.46. The molecule has 0 fully saturated rings. The molecule has 0 spiro atoms. The second-order valence-electron chi connectivity index (χ2n) is 4.56. The molecule has 0 amide bonds. The second-order valence-corrected chi connectivity index (χ2v) is 4.56. The highest BCUT2D eigenvalue weighted by Crippen LogP contribution is 2.20. The Labute approximate surface area is 116 Å². The van der Waals surface area contributed by atoms with Crippen LogP contribution in [0.1, 0.15) is 19.1 Å². The molecule has 0 aromatic carbocycles. The van der Waals surface area contributed by atoms with Gasteiger partial charge in [0, 0.05) is 12.5 Å². The average molecular weight is 276 g/mol. The molecule has 0 bridgehead atoms. The van der Waals surface area contributed by atoms with E-state index in [1.165, 1.54) is 12.1 Å². The molecule has 7 nitrogen and oxygen atoms in total. The monoisotopic (exact) mass is 276 g/mol. The molecule has 2 aromatic rings. The zero-order chi connectivity index (χ0) is 14.5. The SMILES string of the molecule is CC(CCc1ccco1)Nc1cc([N+](=O)[O-])cc(N)n1. The molecule has 0 saturated heterocycles. The maximum absolute atomic E-state index is 10.8. The van der Waals surface area contributed by atoms with Crippen LogP contribution in [0.3, 0.4) is 0 Å². The molecule has 7 heteroatoms. The number of furan rings is 1. The van der Waals surface area contributed by atoms with Crippen molar-refractivity contribution in [3.8, 4) is 0 Å². The smallest absolute Gasteiger partial charge is 0.276 e. The Morgan fingerprint density at radius 1 is 1.55 bits per heavy atom. The highest BCUT2D eigenvalue weighted by molar-refractivity contribution is 5.53. The van der Waals surface area contributed by atoms with Gasteiger partial charge in [0.2, 0.25) is 0 Å². The Hall–Kier alpha value is -2.57. The summed E-state index contributed by atoms with van der Waals surface area (Å²) in [6.07, 6.45) is 3.24. The van der Waals surface area contributed by atoms with Gasteiger partial charge in [0.1, 0.15) is 17.4 Å². The summed E-state index contributed by atoms with van der Waals surface area (Å²) in [4.78, 5) is 14.3. The van der Waals surface area contributed by atoms with Crippen molar-refractivity contribution in [1.82, 2.24) is 4.98 Å². The fourth-order valence-corrected chi connectivity index (χ4v) is 1.85. The summed E-state index contributed by atoms with van der Waals surface area (Å²) in [5, 5.41) is 13.9. The van der Waals surface area contributed by atoms with E-state index in [-0.39, 0.29) is 17.5 Å². The number of anilines is 2. The van der Waals surface area contributed by atoms with E-state index in [9.17, 15) is 10.1 Å². The van der Waals surface area contributed by atoms with E-state index >= 15 is 0 Å². The molecule has 3 N–H and O–H groups in total. The molecule has 0 saturated carbocycles. The Morgan fingerprint density at radius 3 is 3.00 bits per heavy atom. The van der Waals surface area contributed by atoms with Gasteiger partial charge in [-0.3, -0.25) is 10.1 Å². The first-order valence-corrected chi connectivity index (χ1v) is 6.25. The number of nitrogen functional groups attached to an aromatic ring is 1. The van der Waals surface area contributed by atoms with E-state index in [1.807, 2.05) is 19.1 Å². The minimum absolute atomic E-state index is 0.0711. The van der Waals surface area contributed by atoms with E-state index in [0.717, 1.165) is 18.6 Å². The van der Waals surface area contributed by atoms with Gasteiger partial charge in [-0.2, -0.15) is 0 Å². The molecule has 1 unspecified atom stereocenters. The third kappa shape index (κ3) is 3.71. The van der Waals surface area contributed by atoms with E-state index in [2.05, 4.69) is 10.3 Å². The molecular formula is C13H16N4O3. The summed E-state index contributed by atoms with van der Waals surface area (Å²) in [7, 11) is 0. The van der Waals surface area contributed by atoms with Crippen LogP contribution in [0.5, 0.6) is 0 Å². The molecule has 2 heterocycles. The molecule has 0 aliphatic carbocycles. The van der Waals surface area contributed by atoms with E-state index in [1.54, 1.807) is 6.26 Å². The van der Waals surface area contributed by atoms with Gasteiger partial charge in [-0.05, 0) is 25.5 Å². The number of rotatable bonds is 6. The summed E-state index contributed by atoms with van der Waals surface area (Å²) >= 11 is 0. The summed E-state index contributed by atoms with van der Waals surface area (Å²) in [5.74, 6) is 1.44. The number of nitrogens with two attached hydrogens (primary N) is 1. The van der Waals surface area contributed by atoms with Crippen LogP contribution in [-0.4, -0.2) is 15.9 Å². The van der Waals surface area contributed by atoms with E-state index < -0.39 is 4.92 Å². The maximum atomic E-state index is 10.8. The van der Waals surface area contributed by atoms with Crippen LogP contribution >= 0.6 is 0 Å². The van der Waals surface area contributed by atoms with Gasteiger partial charge in [0.15, 0.2) is 0 Å². The van der Waals surface area contributed by atoms with Crippen molar-refractivity contribution >= 4 is 17.3 Å². The predicted octanol–water partition coefficient (Wildman–Crippen LogP) is 2.60. The van der Waals surface area contributed by atoms with Gasteiger partial charge in [-0.15, -0.1) is 0 Å². The van der Waals surface area contributed by atoms with Crippen molar-refractivity contribution < 1.29 is 9.34 Å². The number of nitrogens with zero attached hydrogens (tertiary/aromatic N) is 2. The lowest BCUT2D eigenvalue weighted by molar-refractivity contribution is -0.384. The van der Waals surface area contributed by atoms with Crippen LogP contribution in [0.15, 0.2) is 34.9 Å². The van der Waals surface area contributed by atoms with Gasteiger partial charge in [-0.1, -0.05) is 0 Å². The first kappa shape index (κ1) is 13.9. The van der Waals surface area contributed by atoms with Gasteiger partial charge in [0.25, 0.3) is 5.69 Å². The van der Waals surface area contributed by atoms with Crippen molar-refractivity contribution in [1.29, 1.82) is 0 Å². The maximum Gasteiger partial charge on any atom is 0.276 e. The van der Waals surface area contributed by atoms with Gasteiger partial charge in [0.05, 0.1) is 23.3 Å². The number of pyridine rings is 1. The number of hydrogen-bond donors (Lipinski definition) is 2. The third-order valence-corrected chi connectivity index (χ3v) is 2.84. The Morgan fingerprint density at radius 2 is 2.35 bits per heavy atom. The van der Waals surface area contributed by atoms with Gasteiger partial charge in [-0.25, -0.2) is 4.98 Å². The second kappa shape index (κ2) is 6.05. The van der Waals surface area contributed by atoms with Crippen LogP contribution in [-0.2, 0) is 6.42 Å². The number of nitro groups is 1. The predicted molar refractivity (Wildman–Crippen MR) is 75.4 cm³/mol. The molecule has 2 aromatic heterocycles. The lowest BCUT2D eigenvalue weighted by Crippen LogP contribution is -2.17. The van der Waals surface area contributed by atoms with Crippen LogP contribution in [0.25, 0.3) is 0 Å².